The summed E-state index contributed by atoms with van der Waals surface area (Å²) >= 11 is 1.56. The number of hydrogen-bond acceptors (Lipinski definition) is 6. The van der Waals surface area contributed by atoms with Gasteiger partial charge in [0, 0.05) is 30.0 Å². The molecular weight excluding hydrogens is 464 g/mol. The number of aliphatic hydroxyl groups is 1. The normalized spacial score (nSPS) is 35.3. The van der Waals surface area contributed by atoms with Crippen molar-refractivity contribution in [2.24, 2.45) is 17.3 Å². The molecule has 0 saturated carbocycles. The number of amides is 2. The molecule has 0 aliphatic carbocycles. The van der Waals surface area contributed by atoms with Gasteiger partial charge in [-0.1, -0.05) is 45.1 Å². The van der Waals surface area contributed by atoms with Gasteiger partial charge in [0.15, 0.2) is 0 Å². The Balaban J connectivity index is 1.83. The average molecular weight is 505 g/mol. The minimum absolute atomic E-state index is 0.0116. The van der Waals surface area contributed by atoms with Crippen LogP contribution in [0.2, 0.25) is 0 Å². The fourth-order valence-electron chi connectivity index (χ4n) is 6.91. The van der Waals surface area contributed by atoms with Gasteiger partial charge in [-0.25, -0.2) is 0 Å². The Labute approximate surface area is 213 Å². The number of esters is 1. The van der Waals surface area contributed by atoms with E-state index >= 15 is 0 Å². The molecule has 2 saturated heterocycles. The van der Waals surface area contributed by atoms with E-state index in [1.165, 1.54) is 0 Å². The molecule has 4 heterocycles. The third kappa shape index (κ3) is 4.35. The molecular formula is C27H40N2O5S. The maximum atomic E-state index is 14.4. The Morgan fingerprint density at radius 2 is 1.80 bits per heavy atom. The van der Waals surface area contributed by atoms with Gasteiger partial charge in [0.25, 0.3) is 0 Å². The van der Waals surface area contributed by atoms with Crippen LogP contribution in [-0.2, 0) is 19.1 Å². The number of rotatable bonds is 5. The summed E-state index contributed by atoms with van der Waals surface area (Å²) in [7, 11) is 0. The molecule has 0 aromatic carbocycles. The number of fused-ring (bicyclic) bond motifs is 2. The zero-order valence-corrected chi connectivity index (χ0v) is 22.7. The molecule has 1 N–H and O–H groups in total. The second-order valence-corrected chi connectivity index (χ2v) is 14.2. The Morgan fingerprint density at radius 3 is 2.46 bits per heavy atom. The van der Waals surface area contributed by atoms with Crippen molar-refractivity contribution in [3.8, 4) is 0 Å². The lowest BCUT2D eigenvalue weighted by Gasteiger charge is -2.44. The maximum absolute atomic E-state index is 14.4. The fraction of sp³-hybridized carbons (Fsp3) is 0.741. The third-order valence-electron chi connectivity index (χ3n) is 7.77. The maximum Gasteiger partial charge on any atom is 0.311 e. The van der Waals surface area contributed by atoms with Crippen LogP contribution in [0, 0.1) is 17.3 Å². The van der Waals surface area contributed by atoms with E-state index in [0.717, 1.165) is 6.42 Å². The summed E-state index contributed by atoms with van der Waals surface area (Å²) in [5.74, 6) is -2.01. The van der Waals surface area contributed by atoms with Gasteiger partial charge in [-0.3, -0.25) is 14.4 Å². The Hall–Kier alpha value is -1.80. The summed E-state index contributed by atoms with van der Waals surface area (Å²) < 4.78 is 4.04. The Kier molecular flexibility index (Phi) is 6.71. The van der Waals surface area contributed by atoms with Gasteiger partial charge in [0.2, 0.25) is 11.8 Å². The molecule has 4 aliphatic heterocycles. The van der Waals surface area contributed by atoms with E-state index in [0.29, 0.717) is 26.0 Å². The number of carbonyl (C=O) groups is 3. The molecule has 0 aromatic heterocycles. The predicted molar refractivity (Wildman–Crippen MR) is 137 cm³/mol. The largest absolute Gasteiger partial charge is 0.465 e. The second-order valence-electron chi connectivity index (χ2n) is 12.4. The first-order valence-electron chi connectivity index (χ1n) is 12.7. The molecule has 0 bridgehead atoms. The van der Waals surface area contributed by atoms with Crippen molar-refractivity contribution >= 4 is 29.5 Å². The summed E-state index contributed by atoms with van der Waals surface area (Å²) in [6.45, 7) is 13.6. The van der Waals surface area contributed by atoms with Crippen molar-refractivity contribution in [2.75, 3.05) is 26.3 Å². The van der Waals surface area contributed by atoms with E-state index in [2.05, 4.69) is 34.6 Å². The summed E-state index contributed by atoms with van der Waals surface area (Å²) in [5, 5.41) is 9.54. The Bertz CT molecular complexity index is 954. The lowest BCUT2D eigenvalue weighted by molar-refractivity contribution is -0.154. The topological polar surface area (TPSA) is 87.2 Å². The average Bonchev–Trinajstić information content (AvgIpc) is 3.03. The van der Waals surface area contributed by atoms with Crippen molar-refractivity contribution in [2.45, 2.75) is 81.9 Å². The highest BCUT2D eigenvalue weighted by Crippen LogP contribution is 2.65. The quantitative estimate of drug-likeness (QED) is 0.457. The van der Waals surface area contributed by atoms with Crippen LogP contribution in [0.1, 0.15) is 60.8 Å². The van der Waals surface area contributed by atoms with Crippen molar-refractivity contribution in [1.29, 1.82) is 0 Å². The number of thioether (sulfide) groups is 1. The van der Waals surface area contributed by atoms with Crippen LogP contribution in [0.25, 0.3) is 0 Å². The summed E-state index contributed by atoms with van der Waals surface area (Å²) in [5.41, 5.74) is -0.416. The van der Waals surface area contributed by atoms with Gasteiger partial charge in [0.05, 0.1) is 23.2 Å². The Morgan fingerprint density at radius 1 is 1.09 bits per heavy atom. The smallest absolute Gasteiger partial charge is 0.311 e. The SMILES string of the molecule is CC(C)(C)CC(C)(C)N1CC=C[C@]23S[C@]4(C)C=CCCOC(=O)[C@@H]4[C@H]2C(=O)N(CCCO)C3C1=O. The van der Waals surface area contributed by atoms with Crippen molar-refractivity contribution in [3.63, 3.8) is 0 Å². The molecule has 5 atom stereocenters. The van der Waals surface area contributed by atoms with Crippen molar-refractivity contribution in [3.05, 3.63) is 24.3 Å². The summed E-state index contributed by atoms with van der Waals surface area (Å²) in [4.78, 5) is 45.3. The number of hydrogen-bond donors (Lipinski definition) is 1. The highest BCUT2D eigenvalue weighted by atomic mass is 32.2. The molecule has 194 valence electrons. The van der Waals surface area contributed by atoms with Crippen LogP contribution < -0.4 is 0 Å². The van der Waals surface area contributed by atoms with Crippen LogP contribution in [0.4, 0.5) is 0 Å². The van der Waals surface area contributed by atoms with E-state index in [1.807, 2.05) is 36.1 Å². The zero-order chi connectivity index (χ0) is 25.8. The van der Waals surface area contributed by atoms with Gasteiger partial charge < -0.3 is 19.6 Å². The molecule has 4 aliphatic rings. The number of aliphatic hydroxyl groups excluding tert-OH is 1. The second kappa shape index (κ2) is 8.94. The number of carbonyl (C=O) groups excluding carboxylic acids is 3. The van der Waals surface area contributed by atoms with Crippen molar-refractivity contribution in [1.82, 2.24) is 9.80 Å². The van der Waals surface area contributed by atoms with Crippen molar-refractivity contribution < 1.29 is 24.2 Å². The van der Waals surface area contributed by atoms with Crippen LogP contribution in [-0.4, -0.2) is 80.1 Å². The highest BCUT2D eigenvalue weighted by molar-refractivity contribution is 8.02. The molecule has 35 heavy (non-hydrogen) atoms. The molecule has 7 nitrogen and oxygen atoms in total. The third-order valence-corrected chi connectivity index (χ3v) is 9.57. The first-order chi connectivity index (χ1) is 16.3. The van der Waals surface area contributed by atoms with E-state index in [4.69, 9.17) is 4.74 Å². The number of ether oxygens (including phenoxy) is 1. The van der Waals surface area contributed by atoms with Crippen LogP contribution in [0.5, 0.6) is 0 Å². The van der Waals surface area contributed by atoms with E-state index in [-0.39, 0.29) is 36.4 Å². The highest BCUT2D eigenvalue weighted by Gasteiger charge is 2.74. The van der Waals surface area contributed by atoms with Crippen LogP contribution in [0.15, 0.2) is 24.3 Å². The van der Waals surface area contributed by atoms with E-state index in [9.17, 15) is 19.5 Å². The van der Waals surface area contributed by atoms with Gasteiger partial charge in [-0.05, 0) is 45.4 Å². The molecule has 2 fully saturated rings. The number of cyclic esters (lactones) is 1. The molecule has 2 amide bonds. The standard InChI is InChI=1S/C27H40N2O5S/c1-24(2,3)17-25(4,5)29-14-9-12-27-18(21(31)28(13-10-15-30)20(27)22(29)32)19-23(33)34-16-8-7-11-26(19,6)35-27/h7,9,11-12,18-20,30H,8,10,13-17H2,1-6H3/t18-,19-,20?,26+,27-/m0/s1. The number of nitrogens with zero attached hydrogens (tertiary/aromatic N) is 2. The molecule has 1 spiro atoms. The summed E-state index contributed by atoms with van der Waals surface area (Å²) in [6.07, 6.45) is 9.93. The predicted octanol–water partition coefficient (Wildman–Crippen LogP) is 3.17. The monoisotopic (exact) mass is 504 g/mol. The van der Waals surface area contributed by atoms with Crippen LogP contribution in [0.3, 0.4) is 0 Å². The fourth-order valence-corrected chi connectivity index (χ4v) is 9.06. The molecule has 4 rings (SSSR count). The number of likely N-dealkylation sites (tertiary alicyclic amines) is 1. The zero-order valence-electron chi connectivity index (χ0n) is 21.9. The van der Waals surface area contributed by atoms with Gasteiger partial charge in [-0.2, -0.15) is 0 Å². The van der Waals surface area contributed by atoms with Crippen LogP contribution >= 0.6 is 11.8 Å². The first-order valence-corrected chi connectivity index (χ1v) is 13.5. The lowest BCUT2D eigenvalue weighted by Crippen LogP contribution is -2.58. The van der Waals surface area contributed by atoms with Gasteiger partial charge in [-0.15, -0.1) is 11.8 Å². The van der Waals surface area contributed by atoms with Gasteiger partial charge in [0.1, 0.15) is 6.04 Å². The molecule has 1 unspecified atom stereocenters. The van der Waals surface area contributed by atoms with Gasteiger partial charge >= 0.3 is 5.97 Å². The molecule has 8 heteroatoms. The lowest BCUT2D eigenvalue weighted by atomic mass is 9.74. The summed E-state index contributed by atoms with van der Waals surface area (Å²) in [6, 6.07) is -0.735. The first kappa shape index (κ1) is 26.3. The molecule has 0 aromatic rings. The minimum Gasteiger partial charge on any atom is -0.465 e. The molecule has 0 radical (unpaired) electrons. The van der Waals surface area contributed by atoms with E-state index < -0.39 is 32.9 Å². The minimum atomic E-state index is -0.872. The van der Waals surface area contributed by atoms with E-state index in [1.54, 1.807) is 16.7 Å².